The van der Waals surface area contributed by atoms with Crippen molar-refractivity contribution < 1.29 is 14.3 Å². The first-order valence-corrected chi connectivity index (χ1v) is 9.55. The lowest BCUT2D eigenvalue weighted by Gasteiger charge is -2.35. The molecule has 10 heteroatoms. The number of ketones is 1. The lowest BCUT2D eigenvalue weighted by Crippen LogP contribution is -2.50. The Balaban J connectivity index is 1.26. The predicted molar refractivity (Wildman–Crippen MR) is 108 cm³/mol. The van der Waals surface area contributed by atoms with Crippen molar-refractivity contribution in [3.63, 3.8) is 0 Å². The van der Waals surface area contributed by atoms with Crippen LogP contribution in [-0.4, -0.2) is 74.3 Å². The number of carbonyl (C=O) groups excluding carboxylic acids is 2. The molecule has 0 spiro atoms. The Bertz CT molecular complexity index is 996. The molecule has 0 bridgehead atoms. The summed E-state index contributed by atoms with van der Waals surface area (Å²) in [6.45, 7) is 3.96. The van der Waals surface area contributed by atoms with Gasteiger partial charge in [-0.2, -0.15) is 5.10 Å². The van der Waals surface area contributed by atoms with Crippen molar-refractivity contribution in [2.45, 2.75) is 6.92 Å². The number of nitrogens with zero attached hydrogens (tertiary/aromatic N) is 7. The first kappa shape index (κ1) is 19.5. The fourth-order valence-corrected chi connectivity index (χ4v) is 3.14. The van der Waals surface area contributed by atoms with Crippen LogP contribution in [-0.2, 0) is 4.79 Å². The molecule has 30 heavy (non-hydrogen) atoms. The number of rotatable bonds is 6. The molecule has 0 N–H and O–H groups in total. The number of carbonyl (C=O) groups is 2. The highest BCUT2D eigenvalue weighted by Crippen LogP contribution is 2.15. The maximum Gasteiger partial charge on any atom is 0.260 e. The molecule has 3 heterocycles. The predicted octanol–water partition coefficient (Wildman–Crippen LogP) is 0.987. The van der Waals surface area contributed by atoms with Crippen molar-refractivity contribution >= 4 is 17.5 Å². The molecule has 2 aromatic heterocycles. The van der Waals surface area contributed by atoms with E-state index >= 15 is 0 Å². The summed E-state index contributed by atoms with van der Waals surface area (Å²) in [5.41, 5.74) is 0.613. The second-order valence-electron chi connectivity index (χ2n) is 6.83. The third kappa shape index (κ3) is 4.43. The molecule has 0 radical (unpaired) electrons. The van der Waals surface area contributed by atoms with Gasteiger partial charge < -0.3 is 14.5 Å². The smallest absolute Gasteiger partial charge is 0.260 e. The number of anilines is 1. The summed E-state index contributed by atoms with van der Waals surface area (Å²) in [5.74, 6) is 1.84. The SMILES string of the molecule is CC(=O)c1ccc(OCC(=O)N2CCN(c3ccc(-n4cncn4)nn3)CC2)cc1. The molecule has 1 fully saturated rings. The standard InChI is InChI=1S/C20H21N7O3/c1-15(28)16-2-4-17(5-3-16)30-12-20(29)26-10-8-25(9-11-26)18-6-7-19(24-23-18)27-14-21-13-22-27/h2-7,13-14H,8-12H2,1H3. The molecule has 10 nitrogen and oxygen atoms in total. The van der Waals surface area contributed by atoms with Crippen molar-refractivity contribution in [3.05, 3.63) is 54.6 Å². The van der Waals surface area contributed by atoms with E-state index in [2.05, 4.69) is 25.2 Å². The number of hydrogen-bond acceptors (Lipinski definition) is 8. The summed E-state index contributed by atoms with van der Waals surface area (Å²) in [5, 5.41) is 12.5. The summed E-state index contributed by atoms with van der Waals surface area (Å²) >= 11 is 0. The van der Waals surface area contributed by atoms with E-state index in [0.29, 0.717) is 43.3 Å². The molecule has 4 rings (SSSR count). The molecule has 3 aromatic rings. The molecule has 0 unspecified atom stereocenters. The summed E-state index contributed by atoms with van der Waals surface area (Å²) in [6, 6.07) is 10.5. The van der Waals surface area contributed by atoms with Gasteiger partial charge in [-0.15, -0.1) is 10.2 Å². The molecule has 0 saturated carbocycles. The fourth-order valence-electron chi connectivity index (χ4n) is 3.14. The lowest BCUT2D eigenvalue weighted by atomic mass is 10.1. The van der Waals surface area contributed by atoms with Crippen LogP contribution in [0.1, 0.15) is 17.3 Å². The second-order valence-corrected chi connectivity index (χ2v) is 6.83. The molecule has 0 atom stereocenters. The van der Waals surface area contributed by atoms with Gasteiger partial charge in [0.15, 0.2) is 24.0 Å². The van der Waals surface area contributed by atoms with E-state index < -0.39 is 0 Å². The van der Waals surface area contributed by atoms with Crippen molar-refractivity contribution in [3.8, 4) is 11.6 Å². The van der Waals surface area contributed by atoms with Crippen molar-refractivity contribution in [1.29, 1.82) is 0 Å². The Kier molecular flexibility index (Phi) is 5.64. The van der Waals surface area contributed by atoms with Crippen molar-refractivity contribution in [1.82, 2.24) is 29.9 Å². The largest absolute Gasteiger partial charge is 0.484 e. The molecule has 154 valence electrons. The minimum Gasteiger partial charge on any atom is -0.484 e. The zero-order chi connectivity index (χ0) is 20.9. The first-order chi connectivity index (χ1) is 14.6. The highest BCUT2D eigenvalue weighted by atomic mass is 16.5. The van der Waals surface area contributed by atoms with Crippen LogP contribution in [0.3, 0.4) is 0 Å². The Morgan fingerprint density at radius 2 is 1.67 bits per heavy atom. The summed E-state index contributed by atoms with van der Waals surface area (Å²) < 4.78 is 7.11. The van der Waals surface area contributed by atoms with Gasteiger partial charge in [0.25, 0.3) is 5.91 Å². The molecule has 1 amide bonds. The average Bonchev–Trinajstić information content (AvgIpc) is 3.33. The average molecular weight is 407 g/mol. The number of aromatic nitrogens is 5. The normalized spacial score (nSPS) is 13.9. The van der Waals surface area contributed by atoms with E-state index in [4.69, 9.17) is 4.74 Å². The van der Waals surface area contributed by atoms with Gasteiger partial charge in [-0.1, -0.05) is 0 Å². The minimum absolute atomic E-state index is 0.00628. The molecular formula is C20H21N7O3. The lowest BCUT2D eigenvalue weighted by molar-refractivity contribution is -0.133. The van der Waals surface area contributed by atoms with Crippen LogP contribution in [0.25, 0.3) is 5.82 Å². The van der Waals surface area contributed by atoms with Crippen LogP contribution in [0.5, 0.6) is 5.75 Å². The number of ether oxygens (including phenoxy) is 1. The van der Waals surface area contributed by atoms with Crippen molar-refractivity contribution in [2.24, 2.45) is 0 Å². The molecule has 1 aromatic carbocycles. The van der Waals surface area contributed by atoms with Crippen LogP contribution in [0.4, 0.5) is 5.82 Å². The monoisotopic (exact) mass is 407 g/mol. The fraction of sp³-hybridized carbons (Fsp3) is 0.300. The number of amides is 1. The number of benzene rings is 1. The van der Waals surface area contributed by atoms with Gasteiger partial charge in [0.05, 0.1) is 0 Å². The molecule has 1 saturated heterocycles. The van der Waals surface area contributed by atoms with Crippen LogP contribution >= 0.6 is 0 Å². The van der Waals surface area contributed by atoms with Crippen LogP contribution < -0.4 is 9.64 Å². The molecule has 1 aliphatic rings. The van der Waals surface area contributed by atoms with E-state index in [0.717, 1.165) is 5.82 Å². The zero-order valence-corrected chi connectivity index (χ0v) is 16.5. The summed E-state index contributed by atoms with van der Waals surface area (Å²) in [6.07, 6.45) is 3.00. The van der Waals surface area contributed by atoms with E-state index in [-0.39, 0.29) is 18.3 Å². The molecular weight excluding hydrogens is 386 g/mol. The third-order valence-electron chi connectivity index (χ3n) is 4.87. The number of piperazine rings is 1. The second kappa shape index (κ2) is 8.68. The molecule has 0 aliphatic carbocycles. The number of hydrogen-bond donors (Lipinski definition) is 0. The Morgan fingerprint density at radius 3 is 2.27 bits per heavy atom. The van der Waals surface area contributed by atoms with Crippen LogP contribution in [0.2, 0.25) is 0 Å². The van der Waals surface area contributed by atoms with E-state index in [1.807, 2.05) is 12.1 Å². The minimum atomic E-state index is -0.0714. The van der Waals surface area contributed by atoms with E-state index in [1.165, 1.54) is 13.3 Å². The van der Waals surface area contributed by atoms with Crippen LogP contribution in [0.15, 0.2) is 49.1 Å². The quantitative estimate of drug-likeness (QED) is 0.557. The van der Waals surface area contributed by atoms with Crippen molar-refractivity contribution in [2.75, 3.05) is 37.7 Å². The van der Waals surface area contributed by atoms with Gasteiger partial charge in [0.2, 0.25) is 0 Å². The van der Waals surface area contributed by atoms with Gasteiger partial charge in [-0.25, -0.2) is 9.67 Å². The van der Waals surface area contributed by atoms with E-state index in [1.54, 1.807) is 40.2 Å². The van der Waals surface area contributed by atoms with Gasteiger partial charge in [0.1, 0.15) is 18.4 Å². The Hall–Kier alpha value is -3.82. The van der Waals surface area contributed by atoms with Gasteiger partial charge >= 0.3 is 0 Å². The maximum atomic E-state index is 12.5. The topological polar surface area (TPSA) is 106 Å². The maximum absolute atomic E-state index is 12.5. The Labute approximate surface area is 173 Å². The summed E-state index contributed by atoms with van der Waals surface area (Å²) in [4.78, 5) is 31.5. The number of Topliss-reactive ketones (excluding diaryl/α,β-unsaturated/α-hetero) is 1. The van der Waals surface area contributed by atoms with E-state index in [9.17, 15) is 9.59 Å². The first-order valence-electron chi connectivity index (χ1n) is 9.55. The zero-order valence-electron chi connectivity index (χ0n) is 16.5. The Morgan fingerprint density at radius 1 is 0.967 bits per heavy atom. The molecule has 1 aliphatic heterocycles. The van der Waals surface area contributed by atoms with Gasteiger partial charge in [0, 0.05) is 31.7 Å². The van der Waals surface area contributed by atoms with Gasteiger partial charge in [-0.3, -0.25) is 9.59 Å². The summed E-state index contributed by atoms with van der Waals surface area (Å²) in [7, 11) is 0. The highest BCUT2D eigenvalue weighted by molar-refractivity contribution is 5.94. The van der Waals surface area contributed by atoms with Crippen LogP contribution in [0, 0.1) is 0 Å². The van der Waals surface area contributed by atoms with Gasteiger partial charge in [-0.05, 0) is 43.3 Å². The highest BCUT2D eigenvalue weighted by Gasteiger charge is 2.22. The third-order valence-corrected chi connectivity index (χ3v) is 4.87.